The molecule has 0 saturated heterocycles. The van der Waals surface area contributed by atoms with Crippen LogP contribution in [-0.2, 0) is 4.79 Å². The Balaban J connectivity index is 1.62. The van der Waals surface area contributed by atoms with Gasteiger partial charge in [0, 0.05) is 0 Å². The summed E-state index contributed by atoms with van der Waals surface area (Å²) in [4.78, 5) is 33.3. The topological polar surface area (TPSA) is 116 Å². The molecule has 0 aliphatic carbocycles. The standard InChI is InChI=1S/C19H15FN6O2S3/c1-10-18(30-9-14(21)27)31-19(22-10)24-17(28)15-23-16(13-3-2-8-29-13)26(25-15)12-6-4-11(20)5-7-12/h2-8H,9H2,1H3,(H2,21,27)(H,22,24,28). The highest BCUT2D eigenvalue weighted by Crippen LogP contribution is 2.32. The maximum absolute atomic E-state index is 13.3. The van der Waals surface area contributed by atoms with Crippen LogP contribution in [0, 0.1) is 12.7 Å². The van der Waals surface area contributed by atoms with Gasteiger partial charge in [-0.1, -0.05) is 17.4 Å². The smallest absolute Gasteiger partial charge is 0.297 e. The fourth-order valence-electron chi connectivity index (χ4n) is 2.60. The number of aromatic nitrogens is 4. The molecule has 3 N–H and O–H groups in total. The van der Waals surface area contributed by atoms with E-state index in [4.69, 9.17) is 5.73 Å². The maximum Gasteiger partial charge on any atom is 0.297 e. The summed E-state index contributed by atoms with van der Waals surface area (Å²) in [5.41, 5.74) is 6.45. The van der Waals surface area contributed by atoms with Gasteiger partial charge in [0.1, 0.15) is 5.82 Å². The van der Waals surface area contributed by atoms with E-state index >= 15 is 0 Å². The van der Waals surface area contributed by atoms with Crippen molar-refractivity contribution in [3.05, 3.63) is 59.1 Å². The second-order valence-electron chi connectivity index (χ2n) is 6.23. The first kappa shape index (κ1) is 21.2. The Morgan fingerprint density at radius 3 is 2.68 bits per heavy atom. The first-order valence-electron chi connectivity index (χ1n) is 8.87. The van der Waals surface area contributed by atoms with E-state index in [1.54, 1.807) is 19.1 Å². The van der Waals surface area contributed by atoms with E-state index in [-0.39, 0.29) is 17.4 Å². The first-order chi connectivity index (χ1) is 14.9. The summed E-state index contributed by atoms with van der Waals surface area (Å²) in [6.45, 7) is 1.78. The third-order valence-electron chi connectivity index (χ3n) is 3.94. The predicted molar refractivity (Wildman–Crippen MR) is 119 cm³/mol. The predicted octanol–water partition coefficient (Wildman–Crippen LogP) is 3.73. The van der Waals surface area contributed by atoms with Gasteiger partial charge in [-0.25, -0.2) is 19.0 Å². The average molecular weight is 475 g/mol. The Hall–Kier alpha value is -3.09. The minimum absolute atomic E-state index is 0.0492. The molecule has 3 heterocycles. The van der Waals surface area contributed by atoms with Crippen molar-refractivity contribution >= 4 is 51.4 Å². The van der Waals surface area contributed by atoms with Crippen LogP contribution in [0.3, 0.4) is 0 Å². The van der Waals surface area contributed by atoms with E-state index in [1.165, 1.54) is 51.2 Å². The van der Waals surface area contributed by atoms with E-state index in [2.05, 4.69) is 20.4 Å². The van der Waals surface area contributed by atoms with Crippen LogP contribution in [-0.4, -0.2) is 37.3 Å². The second-order valence-corrected chi connectivity index (χ2v) is 9.42. The van der Waals surface area contributed by atoms with Crippen LogP contribution in [0.25, 0.3) is 16.4 Å². The van der Waals surface area contributed by atoms with Crippen LogP contribution in [0.1, 0.15) is 16.3 Å². The molecule has 2 amide bonds. The van der Waals surface area contributed by atoms with E-state index in [9.17, 15) is 14.0 Å². The van der Waals surface area contributed by atoms with Crippen LogP contribution < -0.4 is 11.1 Å². The lowest BCUT2D eigenvalue weighted by Gasteiger charge is -2.03. The van der Waals surface area contributed by atoms with Crippen molar-refractivity contribution in [3.63, 3.8) is 0 Å². The summed E-state index contributed by atoms with van der Waals surface area (Å²) in [6, 6.07) is 9.50. The van der Waals surface area contributed by atoms with Gasteiger partial charge in [-0.2, -0.15) is 0 Å². The van der Waals surface area contributed by atoms with Gasteiger partial charge in [-0.3, -0.25) is 14.9 Å². The lowest BCUT2D eigenvalue weighted by Crippen LogP contribution is -2.14. The van der Waals surface area contributed by atoms with Crippen molar-refractivity contribution in [1.29, 1.82) is 0 Å². The molecule has 0 bridgehead atoms. The quantitative estimate of drug-likeness (QED) is 0.394. The van der Waals surface area contributed by atoms with Crippen LogP contribution in [0.2, 0.25) is 0 Å². The van der Waals surface area contributed by atoms with Gasteiger partial charge in [0.05, 0.1) is 26.2 Å². The van der Waals surface area contributed by atoms with Crippen LogP contribution in [0.4, 0.5) is 9.52 Å². The number of carbonyl (C=O) groups is 2. The van der Waals surface area contributed by atoms with E-state index in [0.717, 1.165) is 9.09 Å². The zero-order chi connectivity index (χ0) is 22.0. The molecule has 4 aromatic rings. The molecule has 0 radical (unpaired) electrons. The molecular weight excluding hydrogens is 459 g/mol. The van der Waals surface area contributed by atoms with E-state index < -0.39 is 11.8 Å². The molecule has 8 nitrogen and oxygen atoms in total. The fraction of sp³-hybridized carbons (Fsp3) is 0.105. The number of hydrogen-bond acceptors (Lipinski definition) is 8. The van der Waals surface area contributed by atoms with Crippen LogP contribution >= 0.6 is 34.4 Å². The molecule has 0 saturated carbocycles. The van der Waals surface area contributed by atoms with Gasteiger partial charge in [0.25, 0.3) is 5.91 Å². The number of thiophene rings is 1. The number of benzene rings is 1. The number of thiazole rings is 1. The summed E-state index contributed by atoms with van der Waals surface area (Å²) >= 11 is 3.96. The van der Waals surface area contributed by atoms with Gasteiger partial charge in [0.15, 0.2) is 11.0 Å². The number of anilines is 1. The summed E-state index contributed by atoms with van der Waals surface area (Å²) in [5, 5.41) is 9.29. The summed E-state index contributed by atoms with van der Waals surface area (Å²) < 4.78 is 15.6. The Bertz CT molecular complexity index is 1230. The van der Waals surface area contributed by atoms with Gasteiger partial charge < -0.3 is 5.73 Å². The van der Waals surface area contributed by atoms with Crippen molar-refractivity contribution in [2.75, 3.05) is 11.1 Å². The molecule has 0 unspecified atom stereocenters. The van der Waals surface area contributed by atoms with Gasteiger partial charge >= 0.3 is 0 Å². The van der Waals surface area contributed by atoms with Crippen molar-refractivity contribution in [2.24, 2.45) is 5.73 Å². The molecule has 1 aromatic carbocycles. The number of amides is 2. The number of carbonyl (C=O) groups excluding carboxylic acids is 2. The van der Waals surface area contributed by atoms with E-state index in [1.807, 2.05) is 17.5 Å². The van der Waals surface area contributed by atoms with Crippen molar-refractivity contribution in [3.8, 4) is 16.4 Å². The molecule has 3 aromatic heterocycles. The zero-order valence-electron chi connectivity index (χ0n) is 16.0. The Morgan fingerprint density at radius 1 is 1.23 bits per heavy atom. The highest BCUT2D eigenvalue weighted by atomic mass is 32.2. The highest BCUT2D eigenvalue weighted by molar-refractivity contribution is 8.01. The fourth-order valence-corrected chi connectivity index (χ4v) is 5.17. The summed E-state index contributed by atoms with van der Waals surface area (Å²) in [5.74, 6) is -0.779. The monoisotopic (exact) mass is 474 g/mol. The number of nitrogens with zero attached hydrogens (tertiary/aromatic N) is 4. The molecule has 31 heavy (non-hydrogen) atoms. The highest BCUT2D eigenvalue weighted by Gasteiger charge is 2.21. The van der Waals surface area contributed by atoms with Gasteiger partial charge in [0.2, 0.25) is 11.7 Å². The van der Waals surface area contributed by atoms with E-state index in [0.29, 0.717) is 22.3 Å². The number of rotatable bonds is 7. The second kappa shape index (κ2) is 8.96. The minimum atomic E-state index is -0.529. The molecule has 0 atom stereocenters. The number of primary amides is 1. The third kappa shape index (κ3) is 4.81. The molecule has 0 fully saturated rings. The maximum atomic E-state index is 13.3. The SMILES string of the molecule is Cc1nc(NC(=O)c2nc(-c3cccs3)n(-c3ccc(F)cc3)n2)sc1SCC(N)=O. The average Bonchev–Trinajstić information content (AvgIpc) is 3.46. The van der Waals surface area contributed by atoms with Crippen molar-refractivity contribution in [1.82, 2.24) is 19.7 Å². The normalized spacial score (nSPS) is 10.9. The minimum Gasteiger partial charge on any atom is -0.369 e. The van der Waals surface area contributed by atoms with Crippen molar-refractivity contribution < 1.29 is 14.0 Å². The summed E-state index contributed by atoms with van der Waals surface area (Å²) in [7, 11) is 0. The lowest BCUT2D eigenvalue weighted by atomic mass is 10.3. The molecule has 12 heteroatoms. The van der Waals surface area contributed by atoms with Gasteiger partial charge in [-0.05, 0) is 42.6 Å². The largest absolute Gasteiger partial charge is 0.369 e. The molecule has 0 aliphatic heterocycles. The molecule has 0 spiro atoms. The number of hydrogen-bond donors (Lipinski definition) is 2. The van der Waals surface area contributed by atoms with Gasteiger partial charge in [-0.15, -0.1) is 28.2 Å². The van der Waals surface area contributed by atoms with Crippen LogP contribution in [0.5, 0.6) is 0 Å². The Morgan fingerprint density at radius 2 is 2.00 bits per heavy atom. The van der Waals surface area contributed by atoms with Crippen molar-refractivity contribution in [2.45, 2.75) is 11.1 Å². The third-order valence-corrected chi connectivity index (χ3v) is 7.27. The van der Waals surface area contributed by atoms with Crippen LogP contribution in [0.15, 0.2) is 46.0 Å². The summed E-state index contributed by atoms with van der Waals surface area (Å²) in [6.07, 6.45) is 0. The number of nitrogens with one attached hydrogen (secondary N) is 1. The Labute approximate surface area is 188 Å². The number of thioether (sulfide) groups is 1. The zero-order valence-corrected chi connectivity index (χ0v) is 18.5. The lowest BCUT2D eigenvalue weighted by molar-refractivity contribution is -0.115. The Kier molecular flexibility index (Phi) is 6.11. The molecule has 0 aliphatic rings. The number of halogens is 1. The number of aryl methyl sites for hydroxylation is 1. The molecule has 4 rings (SSSR count). The molecule has 158 valence electrons. The first-order valence-corrected chi connectivity index (χ1v) is 11.6. The molecular formula is C19H15FN6O2S3. The number of nitrogens with two attached hydrogens (primary N) is 1.